The zero-order valence-corrected chi connectivity index (χ0v) is 12.4. The van der Waals surface area contributed by atoms with E-state index < -0.39 is 17.0 Å². The second kappa shape index (κ2) is 6.44. The molecule has 0 saturated heterocycles. The molecule has 2 aromatic rings. The van der Waals surface area contributed by atoms with Crippen LogP contribution in [-0.4, -0.2) is 10.9 Å². The summed E-state index contributed by atoms with van der Waals surface area (Å²) in [4.78, 5) is 22.3. The predicted molar refractivity (Wildman–Crippen MR) is 82.8 cm³/mol. The van der Waals surface area contributed by atoms with Gasteiger partial charge < -0.3 is 10.5 Å². The second-order valence-corrected chi connectivity index (χ2v) is 5.01. The van der Waals surface area contributed by atoms with Crippen LogP contribution in [0.5, 0.6) is 0 Å². The minimum absolute atomic E-state index is 0.0132. The Kier molecular flexibility index (Phi) is 4.62. The molecule has 0 spiro atoms. The first-order valence-electron chi connectivity index (χ1n) is 6.39. The molecule has 0 aliphatic carbocycles. The van der Waals surface area contributed by atoms with Gasteiger partial charge in [-0.2, -0.15) is 0 Å². The maximum Gasteiger partial charge on any atom is 0.338 e. The molecule has 0 aliphatic rings. The Morgan fingerprint density at radius 1 is 1.32 bits per heavy atom. The lowest BCUT2D eigenvalue weighted by atomic mass is 10.1. The van der Waals surface area contributed by atoms with Crippen molar-refractivity contribution in [3.05, 3.63) is 68.7 Å². The van der Waals surface area contributed by atoms with Crippen LogP contribution in [0.3, 0.4) is 0 Å². The van der Waals surface area contributed by atoms with Crippen LogP contribution in [0.2, 0.25) is 5.02 Å². The van der Waals surface area contributed by atoms with E-state index in [0.717, 1.165) is 6.07 Å². The first kappa shape index (κ1) is 15.8. The molecule has 2 aromatic carbocycles. The highest BCUT2D eigenvalue weighted by atomic mass is 35.5. The van der Waals surface area contributed by atoms with E-state index >= 15 is 0 Å². The predicted octanol–water partition coefficient (Wildman–Crippen LogP) is 3.75. The van der Waals surface area contributed by atoms with E-state index in [2.05, 4.69) is 0 Å². The van der Waals surface area contributed by atoms with Gasteiger partial charge in [0.1, 0.15) is 11.8 Å². The Labute approximate surface area is 131 Å². The molecule has 1 unspecified atom stereocenters. The van der Waals surface area contributed by atoms with Crippen LogP contribution in [-0.2, 0) is 4.74 Å². The number of carbonyl (C=O) groups is 1. The van der Waals surface area contributed by atoms with Gasteiger partial charge in [-0.15, -0.1) is 0 Å². The quantitative estimate of drug-likeness (QED) is 0.400. The van der Waals surface area contributed by atoms with E-state index in [9.17, 15) is 14.9 Å². The van der Waals surface area contributed by atoms with Crippen molar-refractivity contribution in [2.24, 2.45) is 0 Å². The average molecular weight is 321 g/mol. The van der Waals surface area contributed by atoms with Gasteiger partial charge in [-0.1, -0.05) is 29.8 Å². The number of carbonyl (C=O) groups excluding carboxylic acids is 1. The van der Waals surface area contributed by atoms with Gasteiger partial charge in [-0.25, -0.2) is 4.79 Å². The molecule has 22 heavy (non-hydrogen) atoms. The number of nitrogens with two attached hydrogens (primary N) is 1. The average Bonchev–Trinajstić information content (AvgIpc) is 2.47. The fraction of sp³-hybridized carbons (Fsp3) is 0.133. The highest BCUT2D eigenvalue weighted by molar-refractivity contribution is 6.31. The number of nitrogen functional groups attached to an aromatic ring is 1. The number of esters is 1. The molecule has 7 heteroatoms. The minimum Gasteiger partial charge on any atom is -0.454 e. The molecule has 0 aromatic heterocycles. The number of nitrogens with zero attached hydrogens (tertiary/aromatic N) is 1. The van der Waals surface area contributed by atoms with E-state index in [1.165, 1.54) is 12.1 Å². The maximum atomic E-state index is 12.1. The highest BCUT2D eigenvalue weighted by Gasteiger charge is 2.19. The van der Waals surface area contributed by atoms with Crippen LogP contribution in [0.15, 0.2) is 42.5 Å². The van der Waals surface area contributed by atoms with E-state index in [1.54, 1.807) is 31.2 Å². The molecular formula is C15H13ClN2O4. The van der Waals surface area contributed by atoms with Crippen molar-refractivity contribution in [2.45, 2.75) is 13.0 Å². The van der Waals surface area contributed by atoms with Crippen LogP contribution in [0.1, 0.15) is 28.9 Å². The fourth-order valence-corrected chi connectivity index (χ4v) is 2.22. The second-order valence-electron chi connectivity index (χ2n) is 4.60. The number of benzene rings is 2. The Morgan fingerprint density at radius 3 is 2.64 bits per heavy atom. The molecule has 2 rings (SSSR count). The van der Waals surface area contributed by atoms with Gasteiger partial charge in [-0.3, -0.25) is 10.1 Å². The fourth-order valence-electron chi connectivity index (χ4n) is 1.93. The van der Waals surface area contributed by atoms with E-state index in [4.69, 9.17) is 22.1 Å². The van der Waals surface area contributed by atoms with Crippen molar-refractivity contribution >= 4 is 28.9 Å². The first-order chi connectivity index (χ1) is 10.4. The standard InChI is InChI=1S/C15H13ClN2O4/c1-9(11-4-2-3-5-12(11)16)22-15(19)10-6-7-13(17)14(8-10)18(20)21/h2-9H,17H2,1H3. The van der Waals surface area contributed by atoms with Crippen molar-refractivity contribution < 1.29 is 14.5 Å². The lowest BCUT2D eigenvalue weighted by Crippen LogP contribution is -2.10. The summed E-state index contributed by atoms with van der Waals surface area (Å²) in [6, 6.07) is 10.8. The number of halogens is 1. The molecule has 0 saturated carbocycles. The Balaban J connectivity index is 2.21. The lowest BCUT2D eigenvalue weighted by Gasteiger charge is -2.15. The Bertz CT molecular complexity index is 733. The van der Waals surface area contributed by atoms with E-state index in [-0.39, 0.29) is 16.9 Å². The van der Waals surface area contributed by atoms with Crippen molar-refractivity contribution in [1.82, 2.24) is 0 Å². The largest absolute Gasteiger partial charge is 0.454 e. The van der Waals surface area contributed by atoms with E-state index in [1.807, 2.05) is 0 Å². The molecule has 0 heterocycles. The molecule has 0 fully saturated rings. The summed E-state index contributed by atoms with van der Waals surface area (Å²) >= 11 is 6.04. The number of ether oxygens (including phenoxy) is 1. The van der Waals surface area contributed by atoms with Crippen molar-refractivity contribution in [2.75, 3.05) is 5.73 Å². The SMILES string of the molecule is CC(OC(=O)c1ccc(N)c([N+](=O)[O-])c1)c1ccccc1Cl. The molecule has 6 nitrogen and oxygen atoms in total. The third-order valence-corrected chi connectivity index (χ3v) is 3.43. The van der Waals surface area contributed by atoms with Gasteiger partial charge in [0.15, 0.2) is 0 Å². The Hall–Kier alpha value is -2.60. The number of hydrogen-bond acceptors (Lipinski definition) is 5. The van der Waals surface area contributed by atoms with Crippen LogP contribution in [0.25, 0.3) is 0 Å². The molecule has 2 N–H and O–H groups in total. The van der Waals surface area contributed by atoms with Crippen LogP contribution < -0.4 is 5.73 Å². The number of hydrogen-bond donors (Lipinski definition) is 1. The van der Waals surface area contributed by atoms with Crippen molar-refractivity contribution in [3.63, 3.8) is 0 Å². The summed E-state index contributed by atoms with van der Waals surface area (Å²) in [6.07, 6.45) is -0.585. The summed E-state index contributed by atoms with van der Waals surface area (Å²) in [6.45, 7) is 1.67. The maximum absolute atomic E-state index is 12.1. The van der Waals surface area contributed by atoms with Crippen molar-refractivity contribution in [1.29, 1.82) is 0 Å². The van der Waals surface area contributed by atoms with Gasteiger partial charge >= 0.3 is 5.97 Å². The number of nitro groups is 1. The number of anilines is 1. The summed E-state index contributed by atoms with van der Waals surface area (Å²) in [7, 11) is 0. The van der Waals surface area contributed by atoms with Gasteiger partial charge in [-0.05, 0) is 25.1 Å². The van der Waals surface area contributed by atoms with Crippen molar-refractivity contribution in [3.8, 4) is 0 Å². The van der Waals surface area contributed by atoms with Crippen LogP contribution in [0, 0.1) is 10.1 Å². The van der Waals surface area contributed by atoms with Gasteiger partial charge in [0.05, 0.1) is 10.5 Å². The molecule has 0 amide bonds. The zero-order chi connectivity index (χ0) is 16.3. The number of nitro benzene ring substituents is 1. The minimum atomic E-state index is -0.685. The summed E-state index contributed by atoms with van der Waals surface area (Å²) in [5.74, 6) is -0.685. The molecular weight excluding hydrogens is 308 g/mol. The highest BCUT2D eigenvalue weighted by Crippen LogP contribution is 2.27. The Morgan fingerprint density at radius 2 is 2.00 bits per heavy atom. The zero-order valence-electron chi connectivity index (χ0n) is 11.7. The van der Waals surface area contributed by atoms with Gasteiger partial charge in [0.25, 0.3) is 5.69 Å². The number of rotatable bonds is 4. The normalized spacial score (nSPS) is 11.7. The van der Waals surface area contributed by atoms with E-state index in [0.29, 0.717) is 10.6 Å². The van der Waals surface area contributed by atoms with Gasteiger partial charge in [0.2, 0.25) is 0 Å². The molecule has 1 atom stereocenters. The molecule has 0 radical (unpaired) electrons. The van der Waals surface area contributed by atoms with Crippen LogP contribution in [0.4, 0.5) is 11.4 Å². The van der Waals surface area contributed by atoms with Crippen LogP contribution >= 0.6 is 11.6 Å². The lowest BCUT2D eigenvalue weighted by molar-refractivity contribution is -0.383. The monoisotopic (exact) mass is 320 g/mol. The topological polar surface area (TPSA) is 95.5 Å². The third-order valence-electron chi connectivity index (χ3n) is 3.09. The molecule has 0 aliphatic heterocycles. The summed E-state index contributed by atoms with van der Waals surface area (Å²) in [5.41, 5.74) is 5.86. The molecule has 0 bridgehead atoms. The molecule has 114 valence electrons. The van der Waals surface area contributed by atoms with Gasteiger partial charge in [0, 0.05) is 16.7 Å². The third kappa shape index (κ3) is 3.35. The first-order valence-corrected chi connectivity index (χ1v) is 6.77. The smallest absolute Gasteiger partial charge is 0.338 e. The summed E-state index contributed by atoms with van der Waals surface area (Å²) < 4.78 is 5.29. The summed E-state index contributed by atoms with van der Waals surface area (Å²) in [5, 5.41) is 11.3.